The molecule has 0 atom stereocenters. The number of fused-ring (bicyclic) bond motifs is 1. The molecule has 1 aliphatic carbocycles. The van der Waals surface area contributed by atoms with Gasteiger partial charge in [0.2, 0.25) is 5.78 Å². The number of carbonyl (C=O) groups is 2. The molecule has 1 aliphatic rings. The van der Waals surface area contributed by atoms with Crippen LogP contribution in [0.15, 0.2) is 29.3 Å². The fourth-order valence-corrected chi connectivity index (χ4v) is 1.80. The summed E-state index contributed by atoms with van der Waals surface area (Å²) in [5, 5.41) is -0.00301. The van der Waals surface area contributed by atoms with Gasteiger partial charge in [-0.2, -0.15) is 0 Å². The number of aryl methyl sites for hydroxylation is 1. The van der Waals surface area contributed by atoms with Gasteiger partial charge in [0.15, 0.2) is 5.78 Å². The topological polar surface area (TPSA) is 34.1 Å². The number of ketones is 2. The van der Waals surface area contributed by atoms with Crippen LogP contribution in [0, 0.1) is 0 Å². The molecule has 0 amide bonds. The molecular formula is C12H9ClO2. The SMILES string of the molecule is CCc1ccc2c(c1)C(=O)C=C(Cl)C2=O. The first-order valence-electron chi connectivity index (χ1n) is 4.72. The first-order valence-corrected chi connectivity index (χ1v) is 5.10. The van der Waals surface area contributed by atoms with Crippen LogP contribution < -0.4 is 0 Å². The first kappa shape index (κ1) is 10.1. The van der Waals surface area contributed by atoms with Gasteiger partial charge in [0.25, 0.3) is 0 Å². The van der Waals surface area contributed by atoms with Crippen molar-refractivity contribution in [1.29, 1.82) is 0 Å². The molecule has 15 heavy (non-hydrogen) atoms. The number of hydrogen-bond donors (Lipinski definition) is 0. The van der Waals surface area contributed by atoms with Crippen LogP contribution in [0.5, 0.6) is 0 Å². The molecular weight excluding hydrogens is 212 g/mol. The molecule has 0 bridgehead atoms. The normalized spacial score (nSPS) is 14.9. The highest BCUT2D eigenvalue weighted by atomic mass is 35.5. The van der Waals surface area contributed by atoms with Crippen LogP contribution in [0.1, 0.15) is 33.2 Å². The fourth-order valence-electron chi connectivity index (χ4n) is 1.60. The Hall–Kier alpha value is -1.41. The highest BCUT2D eigenvalue weighted by Gasteiger charge is 2.24. The zero-order chi connectivity index (χ0) is 11.0. The van der Waals surface area contributed by atoms with E-state index in [4.69, 9.17) is 11.6 Å². The molecule has 1 aromatic carbocycles. The summed E-state index contributed by atoms with van der Waals surface area (Å²) in [6, 6.07) is 5.28. The van der Waals surface area contributed by atoms with E-state index in [1.807, 2.05) is 13.0 Å². The lowest BCUT2D eigenvalue weighted by atomic mass is 9.92. The number of carbonyl (C=O) groups excluding carboxylic acids is 2. The molecule has 0 aliphatic heterocycles. The maximum absolute atomic E-state index is 11.6. The third kappa shape index (κ3) is 1.61. The van der Waals surface area contributed by atoms with Gasteiger partial charge >= 0.3 is 0 Å². The van der Waals surface area contributed by atoms with E-state index in [2.05, 4.69) is 0 Å². The van der Waals surface area contributed by atoms with E-state index < -0.39 is 0 Å². The molecule has 76 valence electrons. The van der Waals surface area contributed by atoms with Crippen LogP contribution >= 0.6 is 11.6 Å². The summed E-state index contributed by atoms with van der Waals surface area (Å²) >= 11 is 5.65. The molecule has 0 heterocycles. The number of hydrogen-bond acceptors (Lipinski definition) is 2. The Balaban J connectivity index is 2.62. The average Bonchev–Trinajstić information content (AvgIpc) is 2.25. The minimum absolute atomic E-state index is 0.00301. The molecule has 0 N–H and O–H groups in total. The van der Waals surface area contributed by atoms with Crippen LogP contribution in [-0.2, 0) is 6.42 Å². The van der Waals surface area contributed by atoms with Crippen molar-refractivity contribution in [2.24, 2.45) is 0 Å². The standard InChI is InChI=1S/C12H9ClO2/c1-2-7-3-4-8-9(5-7)11(14)6-10(13)12(8)15/h3-6H,2H2,1H3. The van der Waals surface area contributed by atoms with Crippen LogP contribution in [0.25, 0.3) is 0 Å². The van der Waals surface area contributed by atoms with Crippen molar-refractivity contribution >= 4 is 23.2 Å². The Morgan fingerprint density at radius 3 is 2.60 bits per heavy atom. The monoisotopic (exact) mass is 220 g/mol. The van der Waals surface area contributed by atoms with E-state index in [0.29, 0.717) is 11.1 Å². The van der Waals surface area contributed by atoms with Crippen molar-refractivity contribution in [2.75, 3.05) is 0 Å². The molecule has 0 saturated carbocycles. The molecule has 0 spiro atoms. The van der Waals surface area contributed by atoms with Gasteiger partial charge in [-0.25, -0.2) is 0 Å². The lowest BCUT2D eigenvalue weighted by Crippen LogP contribution is -2.14. The zero-order valence-electron chi connectivity index (χ0n) is 8.21. The van der Waals surface area contributed by atoms with Gasteiger partial charge in [-0.3, -0.25) is 9.59 Å². The van der Waals surface area contributed by atoms with Crippen LogP contribution in [0.3, 0.4) is 0 Å². The minimum atomic E-state index is -0.270. The largest absolute Gasteiger partial charge is 0.289 e. The summed E-state index contributed by atoms with van der Waals surface area (Å²) in [6.07, 6.45) is 2.03. The summed E-state index contributed by atoms with van der Waals surface area (Å²) in [5.74, 6) is -0.459. The second kappa shape index (κ2) is 3.63. The Bertz CT molecular complexity index is 486. The Labute approximate surface area is 92.6 Å². The highest BCUT2D eigenvalue weighted by Crippen LogP contribution is 2.24. The first-order chi connectivity index (χ1) is 7.13. The second-order valence-corrected chi connectivity index (χ2v) is 3.83. The summed E-state index contributed by atoms with van der Waals surface area (Å²) in [4.78, 5) is 23.2. The maximum atomic E-state index is 11.6. The van der Waals surface area contributed by atoms with E-state index in [0.717, 1.165) is 12.0 Å². The predicted octanol–water partition coefficient (Wildman–Crippen LogP) is 2.75. The Morgan fingerprint density at radius 1 is 1.20 bits per heavy atom. The van der Waals surface area contributed by atoms with E-state index in [1.165, 1.54) is 6.08 Å². The van der Waals surface area contributed by atoms with E-state index in [-0.39, 0.29) is 16.6 Å². The quantitative estimate of drug-likeness (QED) is 0.729. The van der Waals surface area contributed by atoms with Crippen molar-refractivity contribution in [2.45, 2.75) is 13.3 Å². The molecule has 0 unspecified atom stereocenters. The second-order valence-electron chi connectivity index (χ2n) is 3.42. The predicted molar refractivity (Wildman–Crippen MR) is 58.4 cm³/mol. The van der Waals surface area contributed by atoms with Crippen molar-refractivity contribution < 1.29 is 9.59 Å². The number of rotatable bonds is 1. The van der Waals surface area contributed by atoms with Crippen molar-refractivity contribution in [3.8, 4) is 0 Å². The molecule has 2 rings (SSSR count). The van der Waals surface area contributed by atoms with Crippen molar-refractivity contribution in [1.82, 2.24) is 0 Å². The van der Waals surface area contributed by atoms with E-state index in [9.17, 15) is 9.59 Å². The molecule has 0 aromatic heterocycles. The molecule has 0 fully saturated rings. The van der Waals surface area contributed by atoms with Crippen LogP contribution in [0.4, 0.5) is 0 Å². The molecule has 2 nitrogen and oxygen atoms in total. The lowest BCUT2D eigenvalue weighted by molar-refractivity contribution is 0.0990. The van der Waals surface area contributed by atoms with Gasteiger partial charge in [-0.05, 0) is 24.1 Å². The van der Waals surface area contributed by atoms with Gasteiger partial charge in [0.05, 0.1) is 5.03 Å². The maximum Gasteiger partial charge on any atom is 0.205 e. The summed E-state index contributed by atoms with van der Waals surface area (Å²) < 4.78 is 0. The molecule has 3 heteroatoms. The summed E-state index contributed by atoms with van der Waals surface area (Å²) in [7, 11) is 0. The van der Waals surface area contributed by atoms with Gasteiger partial charge in [0.1, 0.15) is 0 Å². The third-order valence-electron chi connectivity index (χ3n) is 2.48. The minimum Gasteiger partial charge on any atom is -0.289 e. The number of allylic oxidation sites excluding steroid dienone is 2. The van der Waals surface area contributed by atoms with Gasteiger partial charge in [-0.1, -0.05) is 24.6 Å². The van der Waals surface area contributed by atoms with Crippen molar-refractivity contribution in [3.63, 3.8) is 0 Å². The average molecular weight is 221 g/mol. The summed E-state index contributed by atoms with van der Waals surface area (Å²) in [5.41, 5.74) is 1.91. The number of benzene rings is 1. The fraction of sp³-hybridized carbons (Fsp3) is 0.167. The van der Waals surface area contributed by atoms with E-state index >= 15 is 0 Å². The smallest absolute Gasteiger partial charge is 0.205 e. The Morgan fingerprint density at radius 2 is 1.93 bits per heavy atom. The molecule has 0 saturated heterocycles. The van der Waals surface area contributed by atoms with E-state index in [1.54, 1.807) is 12.1 Å². The van der Waals surface area contributed by atoms with Crippen molar-refractivity contribution in [3.05, 3.63) is 46.0 Å². The highest BCUT2D eigenvalue weighted by molar-refractivity contribution is 6.49. The van der Waals surface area contributed by atoms with Gasteiger partial charge in [0, 0.05) is 17.2 Å². The lowest BCUT2D eigenvalue weighted by Gasteiger charge is -2.12. The third-order valence-corrected chi connectivity index (χ3v) is 2.76. The molecule has 1 aromatic rings. The van der Waals surface area contributed by atoms with Gasteiger partial charge < -0.3 is 0 Å². The summed E-state index contributed by atoms with van der Waals surface area (Å²) in [6.45, 7) is 2.00. The zero-order valence-corrected chi connectivity index (χ0v) is 8.97. The Kier molecular flexibility index (Phi) is 2.45. The van der Waals surface area contributed by atoms with Crippen LogP contribution in [0.2, 0.25) is 0 Å². The number of Topliss-reactive ketones (excluding diaryl/α,β-unsaturated/α-hetero) is 1. The van der Waals surface area contributed by atoms with Crippen LogP contribution in [-0.4, -0.2) is 11.6 Å². The number of halogens is 1. The molecule has 0 radical (unpaired) electrons. The van der Waals surface area contributed by atoms with Gasteiger partial charge in [-0.15, -0.1) is 0 Å².